The smallest absolute Gasteiger partial charge is 0.0447 e. The molecule has 106 valence electrons. The van der Waals surface area contributed by atoms with Crippen LogP contribution in [0.5, 0.6) is 0 Å². The number of likely N-dealkylation sites (tertiary alicyclic amines) is 1. The Bertz CT molecular complexity index is 530. The number of rotatable bonds is 5. The van der Waals surface area contributed by atoms with E-state index in [4.69, 9.17) is 0 Å². The average molecular weight is 286 g/mol. The van der Waals surface area contributed by atoms with Gasteiger partial charge in [0.25, 0.3) is 0 Å². The van der Waals surface area contributed by atoms with Crippen molar-refractivity contribution in [3.05, 3.63) is 47.3 Å². The van der Waals surface area contributed by atoms with Gasteiger partial charge < -0.3 is 10.2 Å². The van der Waals surface area contributed by atoms with Crippen LogP contribution in [0.3, 0.4) is 0 Å². The lowest BCUT2D eigenvalue weighted by atomic mass is 10.0. The van der Waals surface area contributed by atoms with Crippen LogP contribution in [0.15, 0.2) is 41.8 Å². The quantitative estimate of drug-likeness (QED) is 0.900. The second-order valence-corrected chi connectivity index (χ2v) is 6.40. The van der Waals surface area contributed by atoms with Crippen LogP contribution in [-0.2, 0) is 0 Å². The third-order valence-electron chi connectivity index (χ3n) is 4.08. The first-order valence-electron chi connectivity index (χ1n) is 7.40. The maximum Gasteiger partial charge on any atom is 0.0447 e. The fraction of sp³-hybridized carbons (Fsp3) is 0.412. The van der Waals surface area contributed by atoms with Crippen molar-refractivity contribution < 1.29 is 0 Å². The Labute approximate surface area is 125 Å². The van der Waals surface area contributed by atoms with Crippen LogP contribution in [0.1, 0.15) is 24.4 Å². The number of nitrogens with one attached hydrogen (secondary N) is 1. The van der Waals surface area contributed by atoms with E-state index in [0.29, 0.717) is 6.04 Å². The van der Waals surface area contributed by atoms with E-state index in [0.717, 1.165) is 6.54 Å². The van der Waals surface area contributed by atoms with E-state index < -0.39 is 0 Å². The van der Waals surface area contributed by atoms with Gasteiger partial charge in [-0.1, -0.05) is 24.3 Å². The van der Waals surface area contributed by atoms with Crippen LogP contribution < -0.4 is 5.32 Å². The molecular formula is C17H22N2S. The molecule has 1 saturated heterocycles. The lowest BCUT2D eigenvalue weighted by Crippen LogP contribution is -2.31. The van der Waals surface area contributed by atoms with Crippen molar-refractivity contribution in [3.63, 3.8) is 0 Å². The molecule has 1 N–H and O–H groups in total. The predicted octanol–water partition coefficient (Wildman–Crippen LogP) is 3.77. The molecule has 0 amide bonds. The van der Waals surface area contributed by atoms with Crippen molar-refractivity contribution >= 4 is 11.3 Å². The number of nitrogens with zero attached hydrogens (tertiary/aromatic N) is 1. The van der Waals surface area contributed by atoms with Gasteiger partial charge in [-0.25, -0.2) is 0 Å². The standard InChI is InChI=1S/C17H22N2S/c1-18-16(13-19-9-2-3-10-19)14-6-4-7-15(12-14)17-8-5-11-20-17/h4-8,11-12,16,18H,2-3,9-10,13H2,1H3. The summed E-state index contributed by atoms with van der Waals surface area (Å²) in [6.07, 6.45) is 2.71. The molecule has 0 aliphatic carbocycles. The Kier molecular flexibility index (Phi) is 4.51. The summed E-state index contributed by atoms with van der Waals surface area (Å²) in [5.41, 5.74) is 2.73. The molecule has 1 atom stereocenters. The lowest BCUT2D eigenvalue weighted by molar-refractivity contribution is 0.299. The molecule has 0 bridgehead atoms. The van der Waals surface area contributed by atoms with Gasteiger partial charge >= 0.3 is 0 Å². The molecule has 1 aliphatic rings. The molecule has 0 saturated carbocycles. The monoisotopic (exact) mass is 286 g/mol. The number of thiophene rings is 1. The maximum absolute atomic E-state index is 3.48. The summed E-state index contributed by atoms with van der Waals surface area (Å²) < 4.78 is 0. The second kappa shape index (κ2) is 6.53. The summed E-state index contributed by atoms with van der Waals surface area (Å²) in [7, 11) is 2.07. The number of hydrogen-bond donors (Lipinski definition) is 1. The summed E-state index contributed by atoms with van der Waals surface area (Å²) >= 11 is 1.81. The molecule has 3 rings (SSSR count). The van der Waals surface area contributed by atoms with E-state index in [1.54, 1.807) is 11.3 Å². The van der Waals surface area contributed by atoms with Crippen molar-refractivity contribution in [1.29, 1.82) is 0 Å². The number of benzene rings is 1. The van der Waals surface area contributed by atoms with Crippen LogP contribution in [0.2, 0.25) is 0 Å². The zero-order valence-corrected chi connectivity index (χ0v) is 12.8. The summed E-state index contributed by atoms with van der Waals surface area (Å²) in [5, 5.41) is 5.62. The van der Waals surface area contributed by atoms with Gasteiger partial charge in [-0.05, 0) is 61.6 Å². The molecule has 0 radical (unpaired) electrons. The minimum absolute atomic E-state index is 0.424. The van der Waals surface area contributed by atoms with Gasteiger partial charge in [0.2, 0.25) is 0 Å². The molecule has 1 aromatic heterocycles. The minimum atomic E-state index is 0.424. The van der Waals surface area contributed by atoms with Gasteiger partial charge in [0.15, 0.2) is 0 Å². The van der Waals surface area contributed by atoms with Gasteiger partial charge in [0.05, 0.1) is 0 Å². The molecule has 1 aliphatic heterocycles. The van der Waals surface area contributed by atoms with E-state index in [1.165, 1.54) is 41.9 Å². The van der Waals surface area contributed by atoms with E-state index in [9.17, 15) is 0 Å². The fourth-order valence-corrected chi connectivity index (χ4v) is 3.66. The van der Waals surface area contributed by atoms with Crippen molar-refractivity contribution in [2.45, 2.75) is 18.9 Å². The topological polar surface area (TPSA) is 15.3 Å². The van der Waals surface area contributed by atoms with Crippen molar-refractivity contribution in [1.82, 2.24) is 10.2 Å². The fourth-order valence-electron chi connectivity index (χ4n) is 2.94. The van der Waals surface area contributed by atoms with Gasteiger partial charge in [-0.15, -0.1) is 11.3 Å². The summed E-state index contributed by atoms with van der Waals surface area (Å²) in [6, 6.07) is 13.7. The first kappa shape index (κ1) is 13.8. The van der Waals surface area contributed by atoms with E-state index >= 15 is 0 Å². The Hall–Kier alpha value is -1.16. The van der Waals surface area contributed by atoms with Gasteiger partial charge in [0.1, 0.15) is 0 Å². The van der Waals surface area contributed by atoms with Crippen LogP contribution in [0, 0.1) is 0 Å². The van der Waals surface area contributed by atoms with Crippen LogP contribution in [-0.4, -0.2) is 31.6 Å². The van der Waals surface area contributed by atoms with Gasteiger partial charge in [-0.2, -0.15) is 0 Å². The highest BCUT2D eigenvalue weighted by Gasteiger charge is 2.18. The Morgan fingerprint density at radius 3 is 2.75 bits per heavy atom. The second-order valence-electron chi connectivity index (χ2n) is 5.45. The largest absolute Gasteiger partial charge is 0.312 e. The Morgan fingerprint density at radius 2 is 2.05 bits per heavy atom. The van der Waals surface area contributed by atoms with Crippen LogP contribution >= 0.6 is 11.3 Å². The van der Waals surface area contributed by atoms with Crippen molar-refractivity contribution in [3.8, 4) is 10.4 Å². The molecule has 0 spiro atoms. The molecule has 1 unspecified atom stereocenters. The van der Waals surface area contributed by atoms with E-state index in [1.807, 2.05) is 0 Å². The number of likely N-dealkylation sites (N-methyl/N-ethyl adjacent to an activating group) is 1. The molecule has 2 aromatic rings. The molecular weight excluding hydrogens is 264 g/mol. The summed E-state index contributed by atoms with van der Waals surface area (Å²) in [4.78, 5) is 3.92. The normalized spacial score (nSPS) is 17.4. The molecule has 20 heavy (non-hydrogen) atoms. The molecule has 3 heteroatoms. The number of hydrogen-bond acceptors (Lipinski definition) is 3. The SMILES string of the molecule is CNC(CN1CCCC1)c1cccc(-c2cccs2)c1. The summed E-state index contributed by atoms with van der Waals surface area (Å²) in [5.74, 6) is 0. The highest BCUT2D eigenvalue weighted by molar-refractivity contribution is 7.13. The Morgan fingerprint density at radius 1 is 1.20 bits per heavy atom. The molecule has 2 heterocycles. The highest BCUT2D eigenvalue weighted by atomic mass is 32.1. The van der Waals surface area contributed by atoms with E-state index in [-0.39, 0.29) is 0 Å². The van der Waals surface area contributed by atoms with E-state index in [2.05, 4.69) is 59.0 Å². The zero-order chi connectivity index (χ0) is 13.8. The van der Waals surface area contributed by atoms with Gasteiger partial charge in [-0.3, -0.25) is 0 Å². The Balaban J connectivity index is 1.78. The first-order valence-corrected chi connectivity index (χ1v) is 8.28. The molecule has 2 nitrogen and oxygen atoms in total. The average Bonchev–Trinajstić information content (AvgIpc) is 3.18. The summed E-state index contributed by atoms with van der Waals surface area (Å²) in [6.45, 7) is 3.62. The zero-order valence-electron chi connectivity index (χ0n) is 12.0. The van der Waals surface area contributed by atoms with Crippen LogP contribution in [0.4, 0.5) is 0 Å². The van der Waals surface area contributed by atoms with Gasteiger partial charge in [0, 0.05) is 17.5 Å². The van der Waals surface area contributed by atoms with Crippen molar-refractivity contribution in [2.75, 3.05) is 26.7 Å². The van der Waals surface area contributed by atoms with Crippen molar-refractivity contribution in [2.24, 2.45) is 0 Å². The molecule has 1 aromatic carbocycles. The lowest BCUT2D eigenvalue weighted by Gasteiger charge is -2.23. The minimum Gasteiger partial charge on any atom is -0.312 e. The van der Waals surface area contributed by atoms with Crippen LogP contribution in [0.25, 0.3) is 10.4 Å². The first-order chi connectivity index (χ1) is 9.86. The molecule has 1 fully saturated rings. The maximum atomic E-state index is 3.48. The highest BCUT2D eigenvalue weighted by Crippen LogP contribution is 2.27. The third kappa shape index (κ3) is 3.11. The predicted molar refractivity (Wildman–Crippen MR) is 87.2 cm³/mol. The third-order valence-corrected chi connectivity index (χ3v) is 5.00.